The van der Waals surface area contributed by atoms with Crippen LogP contribution in [-0.2, 0) is 9.53 Å². The highest BCUT2D eigenvalue weighted by atomic mass is 16.5. The molecule has 0 aromatic carbocycles. The van der Waals surface area contributed by atoms with Gasteiger partial charge in [0.05, 0.1) is 0 Å². The van der Waals surface area contributed by atoms with E-state index in [2.05, 4.69) is 20.8 Å². The van der Waals surface area contributed by atoms with Gasteiger partial charge in [0.1, 0.15) is 5.76 Å². The normalized spacial score (nSPS) is 21.7. The van der Waals surface area contributed by atoms with Crippen molar-refractivity contribution in [3.8, 4) is 0 Å². The molecule has 2 nitrogen and oxygen atoms in total. The van der Waals surface area contributed by atoms with Crippen LogP contribution in [0.1, 0.15) is 53.4 Å². The first-order valence-corrected chi connectivity index (χ1v) is 5.28. The van der Waals surface area contributed by atoms with Crippen LogP contribution in [0, 0.1) is 5.41 Å². The van der Waals surface area contributed by atoms with E-state index in [1.54, 1.807) is 0 Å². The van der Waals surface area contributed by atoms with Crippen LogP contribution in [0.25, 0.3) is 0 Å². The lowest BCUT2D eigenvalue weighted by Crippen LogP contribution is -2.13. The standard InChI is InChI=1S/C12H20O2/c1-9-6-5-7-12(3,4)8-11(9)14-10(2)13/h5-8H2,1-4H3. The maximum absolute atomic E-state index is 10.9. The summed E-state index contributed by atoms with van der Waals surface area (Å²) in [4.78, 5) is 10.9. The third-order valence-corrected chi connectivity index (χ3v) is 2.79. The predicted molar refractivity (Wildman–Crippen MR) is 56.7 cm³/mol. The molecule has 1 aliphatic carbocycles. The van der Waals surface area contributed by atoms with Crippen molar-refractivity contribution in [2.24, 2.45) is 5.41 Å². The van der Waals surface area contributed by atoms with E-state index in [4.69, 9.17) is 4.74 Å². The largest absolute Gasteiger partial charge is 0.431 e. The first-order valence-electron chi connectivity index (χ1n) is 5.28. The highest BCUT2D eigenvalue weighted by Crippen LogP contribution is 2.37. The number of ether oxygens (including phenoxy) is 1. The molecule has 0 N–H and O–H groups in total. The van der Waals surface area contributed by atoms with Crippen LogP contribution in [0.15, 0.2) is 11.3 Å². The first-order chi connectivity index (χ1) is 6.41. The average molecular weight is 196 g/mol. The molecule has 0 atom stereocenters. The second-order valence-corrected chi connectivity index (χ2v) is 4.99. The summed E-state index contributed by atoms with van der Waals surface area (Å²) in [6.07, 6.45) is 4.35. The minimum Gasteiger partial charge on any atom is -0.431 e. The molecule has 0 aliphatic heterocycles. The molecule has 0 saturated heterocycles. The third-order valence-electron chi connectivity index (χ3n) is 2.79. The number of rotatable bonds is 1. The van der Waals surface area contributed by atoms with Crippen LogP contribution in [0.4, 0.5) is 0 Å². The number of hydrogen-bond acceptors (Lipinski definition) is 2. The summed E-state index contributed by atoms with van der Waals surface area (Å²) in [5, 5.41) is 0. The van der Waals surface area contributed by atoms with Gasteiger partial charge in [0.15, 0.2) is 0 Å². The Balaban J connectivity index is 2.80. The van der Waals surface area contributed by atoms with Gasteiger partial charge in [-0.15, -0.1) is 0 Å². The smallest absolute Gasteiger partial charge is 0.307 e. The molecular weight excluding hydrogens is 176 g/mol. The van der Waals surface area contributed by atoms with Gasteiger partial charge >= 0.3 is 5.97 Å². The highest BCUT2D eigenvalue weighted by Gasteiger charge is 2.25. The van der Waals surface area contributed by atoms with E-state index < -0.39 is 0 Å². The van der Waals surface area contributed by atoms with Crippen molar-refractivity contribution in [1.29, 1.82) is 0 Å². The number of carbonyl (C=O) groups is 1. The van der Waals surface area contributed by atoms with Crippen molar-refractivity contribution >= 4 is 5.97 Å². The van der Waals surface area contributed by atoms with Crippen molar-refractivity contribution in [2.75, 3.05) is 0 Å². The van der Waals surface area contributed by atoms with Crippen LogP contribution in [-0.4, -0.2) is 5.97 Å². The van der Waals surface area contributed by atoms with Gasteiger partial charge in [-0.25, -0.2) is 0 Å². The molecule has 0 spiro atoms. The fourth-order valence-electron chi connectivity index (χ4n) is 1.94. The van der Waals surface area contributed by atoms with E-state index in [0.29, 0.717) is 0 Å². The van der Waals surface area contributed by atoms with Gasteiger partial charge in [-0.1, -0.05) is 13.8 Å². The SMILES string of the molecule is CC(=O)OC1=C(C)CCCC(C)(C)C1. The zero-order valence-electron chi connectivity index (χ0n) is 9.64. The molecule has 0 saturated carbocycles. The van der Waals surface area contributed by atoms with Gasteiger partial charge in [-0.3, -0.25) is 4.79 Å². The van der Waals surface area contributed by atoms with Gasteiger partial charge in [-0.05, 0) is 37.2 Å². The molecule has 0 fully saturated rings. The van der Waals surface area contributed by atoms with Crippen molar-refractivity contribution < 1.29 is 9.53 Å². The summed E-state index contributed by atoms with van der Waals surface area (Å²) in [7, 11) is 0. The number of carbonyl (C=O) groups excluding carboxylic acids is 1. The summed E-state index contributed by atoms with van der Waals surface area (Å²) in [5.41, 5.74) is 1.51. The minimum absolute atomic E-state index is 0.197. The Bertz CT molecular complexity index is 261. The topological polar surface area (TPSA) is 26.3 Å². The maximum atomic E-state index is 10.9. The Labute approximate surface area is 86.3 Å². The zero-order chi connectivity index (χ0) is 10.8. The van der Waals surface area contributed by atoms with Crippen LogP contribution in [0.3, 0.4) is 0 Å². The molecular formula is C12H20O2. The van der Waals surface area contributed by atoms with Gasteiger partial charge < -0.3 is 4.74 Å². The molecule has 1 aliphatic rings. The van der Waals surface area contributed by atoms with E-state index in [1.165, 1.54) is 25.3 Å². The molecule has 14 heavy (non-hydrogen) atoms. The molecule has 0 bridgehead atoms. The lowest BCUT2D eigenvalue weighted by molar-refractivity contribution is -0.137. The number of hydrogen-bond donors (Lipinski definition) is 0. The van der Waals surface area contributed by atoms with Gasteiger partial charge in [0.2, 0.25) is 0 Å². The lowest BCUT2D eigenvalue weighted by Gasteiger charge is -2.23. The Morgan fingerprint density at radius 3 is 2.64 bits per heavy atom. The summed E-state index contributed by atoms with van der Waals surface area (Å²) in [5.74, 6) is 0.706. The summed E-state index contributed by atoms with van der Waals surface area (Å²) in [6, 6.07) is 0. The molecule has 80 valence electrons. The number of allylic oxidation sites excluding steroid dienone is 2. The Morgan fingerprint density at radius 2 is 2.07 bits per heavy atom. The Kier molecular flexibility index (Phi) is 3.35. The monoisotopic (exact) mass is 196 g/mol. The molecule has 0 aromatic heterocycles. The average Bonchev–Trinajstić information content (AvgIpc) is 2.10. The Hall–Kier alpha value is -0.790. The van der Waals surface area contributed by atoms with E-state index in [9.17, 15) is 4.79 Å². The highest BCUT2D eigenvalue weighted by molar-refractivity contribution is 5.67. The molecule has 0 amide bonds. The minimum atomic E-state index is -0.197. The lowest BCUT2D eigenvalue weighted by atomic mass is 9.85. The van der Waals surface area contributed by atoms with E-state index >= 15 is 0 Å². The van der Waals surface area contributed by atoms with Crippen LogP contribution in [0.2, 0.25) is 0 Å². The van der Waals surface area contributed by atoms with Crippen LogP contribution < -0.4 is 0 Å². The summed E-state index contributed by atoms with van der Waals surface area (Å²) < 4.78 is 5.26. The van der Waals surface area contributed by atoms with Crippen LogP contribution in [0.5, 0.6) is 0 Å². The van der Waals surface area contributed by atoms with Crippen molar-refractivity contribution in [3.63, 3.8) is 0 Å². The summed E-state index contributed by atoms with van der Waals surface area (Å²) in [6.45, 7) is 8.00. The van der Waals surface area contributed by atoms with E-state index in [0.717, 1.165) is 18.6 Å². The van der Waals surface area contributed by atoms with E-state index in [1.807, 2.05) is 0 Å². The molecule has 1 rings (SSSR count). The van der Waals surface area contributed by atoms with E-state index in [-0.39, 0.29) is 11.4 Å². The molecule has 2 heteroatoms. The van der Waals surface area contributed by atoms with Crippen molar-refractivity contribution in [1.82, 2.24) is 0 Å². The third kappa shape index (κ3) is 3.17. The second kappa shape index (κ2) is 4.16. The number of esters is 1. The van der Waals surface area contributed by atoms with Gasteiger partial charge in [0, 0.05) is 13.3 Å². The quantitative estimate of drug-likeness (QED) is 0.601. The molecule has 0 unspecified atom stereocenters. The van der Waals surface area contributed by atoms with Gasteiger partial charge in [0.25, 0.3) is 0 Å². The predicted octanol–water partition coefficient (Wildman–Crippen LogP) is 3.42. The molecule has 0 radical (unpaired) electrons. The fraction of sp³-hybridized carbons (Fsp3) is 0.750. The van der Waals surface area contributed by atoms with Crippen molar-refractivity contribution in [3.05, 3.63) is 11.3 Å². The first kappa shape index (κ1) is 11.3. The second-order valence-electron chi connectivity index (χ2n) is 4.99. The Morgan fingerprint density at radius 1 is 1.43 bits per heavy atom. The summed E-state index contributed by atoms with van der Waals surface area (Å²) >= 11 is 0. The maximum Gasteiger partial charge on any atom is 0.307 e. The molecule has 0 aromatic rings. The fourth-order valence-corrected chi connectivity index (χ4v) is 1.94. The van der Waals surface area contributed by atoms with Crippen molar-refractivity contribution in [2.45, 2.75) is 53.4 Å². The zero-order valence-corrected chi connectivity index (χ0v) is 9.64. The molecule has 0 heterocycles. The van der Waals surface area contributed by atoms with Crippen LogP contribution >= 0.6 is 0 Å². The van der Waals surface area contributed by atoms with Gasteiger partial charge in [-0.2, -0.15) is 0 Å².